The Bertz CT molecular complexity index is 3720. The van der Waals surface area contributed by atoms with E-state index in [0.717, 1.165) is 13.8 Å². The number of Topliss-reactive ketones (excluding diaryl/α,β-unsaturated/α-hetero) is 1. The van der Waals surface area contributed by atoms with Gasteiger partial charge in [-0.25, -0.2) is 14.4 Å². The number of rotatable bonds is 18. The number of benzene rings is 4. The number of aliphatic hydroxyl groups excluding tert-OH is 1. The van der Waals surface area contributed by atoms with Gasteiger partial charge in [0.25, 0.3) is 11.8 Å². The SMILES string of the molecule is CC(=O)O[C@H]1C(=O)[C@@]2(C)C([C@H](OC(=O)c3ccccc3)[C@]3(O)C[C@H](OC(=O)[C@H](OC(=O)OCc4ccc(NC(=O)[C@@H]5CCCN5C(=O)[C@@H](C)NC(=O)c5ccncc5)cc4)[C@@H](NC(=O)c4ccccc4)c4ccccc4)C(C)=C1C3(C)C)[C@]1(OC(C)=O)CO[C@@H]1C[C@@H]2O. The van der Waals surface area contributed by atoms with E-state index < -0.39 is 155 Å². The van der Waals surface area contributed by atoms with Crippen molar-refractivity contribution in [3.63, 3.8) is 0 Å². The first-order valence-corrected chi connectivity index (χ1v) is 30.5. The number of fused-ring (bicyclic) bond motifs is 5. The van der Waals surface area contributed by atoms with E-state index in [9.17, 15) is 48.6 Å². The molecule has 3 aliphatic carbocycles. The van der Waals surface area contributed by atoms with Gasteiger partial charge in [0.05, 0.1) is 29.6 Å². The molecule has 0 radical (unpaired) electrons. The molecule has 3 heterocycles. The van der Waals surface area contributed by atoms with Gasteiger partial charge in [-0.3, -0.25) is 38.5 Å². The van der Waals surface area contributed by atoms with Gasteiger partial charge in [0.1, 0.15) is 48.6 Å². The molecule has 24 nitrogen and oxygen atoms in total. The summed E-state index contributed by atoms with van der Waals surface area (Å²) in [7, 11) is 0. The van der Waals surface area contributed by atoms with E-state index in [-0.39, 0.29) is 40.9 Å². The molecule has 5 aromatic rings. The van der Waals surface area contributed by atoms with Gasteiger partial charge in [-0.15, -0.1) is 0 Å². The average molecular weight is 1280 g/mol. The molecule has 5 aliphatic rings. The van der Waals surface area contributed by atoms with E-state index in [4.69, 9.17) is 33.2 Å². The van der Waals surface area contributed by atoms with Gasteiger partial charge in [0, 0.05) is 67.9 Å². The quantitative estimate of drug-likeness (QED) is 0.0368. The number of esters is 4. The lowest BCUT2D eigenvalue weighted by molar-refractivity contribution is -0.346. The van der Waals surface area contributed by atoms with Crippen LogP contribution in [0.25, 0.3) is 0 Å². The second-order valence-corrected chi connectivity index (χ2v) is 24.8. The maximum Gasteiger partial charge on any atom is 0.509 e. The molecule has 2 bridgehead atoms. The van der Waals surface area contributed by atoms with Crippen molar-refractivity contribution in [2.24, 2.45) is 16.7 Å². The van der Waals surface area contributed by atoms with Crippen LogP contribution in [0.1, 0.15) is 122 Å². The molecule has 5 N–H and O–H groups in total. The van der Waals surface area contributed by atoms with Crippen LogP contribution in [0.3, 0.4) is 0 Å². The van der Waals surface area contributed by atoms with Crippen LogP contribution in [0.15, 0.2) is 151 Å². The monoisotopic (exact) mass is 1280 g/mol. The third-order valence-electron chi connectivity index (χ3n) is 18.8. The number of ether oxygens (including phenoxy) is 7. The molecule has 1 aromatic heterocycles. The highest BCUT2D eigenvalue weighted by Gasteiger charge is 2.78. The summed E-state index contributed by atoms with van der Waals surface area (Å²) in [6.07, 6.45) is -9.02. The summed E-state index contributed by atoms with van der Waals surface area (Å²) in [5.41, 5.74) is -6.97. The van der Waals surface area contributed by atoms with Gasteiger partial charge >= 0.3 is 30.0 Å². The smallest absolute Gasteiger partial charge is 0.455 e. The van der Waals surface area contributed by atoms with Gasteiger partial charge in [0.15, 0.2) is 17.5 Å². The zero-order chi connectivity index (χ0) is 66.7. The van der Waals surface area contributed by atoms with Crippen LogP contribution in [0.4, 0.5) is 10.5 Å². The minimum absolute atomic E-state index is 0.00878. The maximum atomic E-state index is 15.9. The largest absolute Gasteiger partial charge is 0.509 e. The standard InChI is InChI=1S/C69H73N5O19/c1-38-49(35-69(86)58(92-63(83)46-22-15-10-16-23-46)56-67(7,50(77)34-51-68(56,37-88-51)93-41(4)76)57(78)54(89-40(3)75)52(38)66(69,5)6)90-64(84)55(53(43-18-11-8-12-19-43)73-60(80)44-20-13-9-14-21-44)91-65(85)87-36-42-25-27-47(28-26-42)72-61(81)48-24-17-33-74(48)62(82)39(2)71-59(79)45-29-31-70-32-30-45/h8-16,18-23,25-32,39,48-51,53-56,58,77,86H,17,24,33-37H2,1-7H3,(H,71,79)(H,72,81)(H,73,80)/t39-,48+,49+,50+,51-,53+,54-,55-,56?,58+,67-,68+,69-/m1/s1. The molecule has 4 fully saturated rings. The van der Waals surface area contributed by atoms with Crippen molar-refractivity contribution in [2.75, 3.05) is 18.5 Å². The highest BCUT2D eigenvalue weighted by molar-refractivity contribution is 6.01. The number of nitrogens with zero attached hydrogens (tertiary/aromatic N) is 2. The summed E-state index contributed by atoms with van der Waals surface area (Å²) >= 11 is 0. The normalized spacial score (nSPS) is 26.8. The molecule has 2 aliphatic heterocycles. The summed E-state index contributed by atoms with van der Waals surface area (Å²) in [5, 5.41) is 34.8. The Morgan fingerprint density at radius 1 is 0.763 bits per heavy atom. The van der Waals surface area contributed by atoms with Crippen molar-refractivity contribution in [1.29, 1.82) is 0 Å². The lowest BCUT2D eigenvalue weighted by Gasteiger charge is -2.67. The highest BCUT2D eigenvalue weighted by atomic mass is 16.7. The van der Waals surface area contributed by atoms with Crippen molar-refractivity contribution < 1.29 is 91.3 Å². The number of hydrogen-bond acceptors (Lipinski definition) is 20. The summed E-state index contributed by atoms with van der Waals surface area (Å²) in [4.78, 5) is 147. The minimum Gasteiger partial charge on any atom is -0.455 e. The van der Waals surface area contributed by atoms with Crippen molar-refractivity contribution in [1.82, 2.24) is 20.5 Å². The fourth-order valence-corrected chi connectivity index (χ4v) is 13.9. The molecule has 4 amide bonds. The van der Waals surface area contributed by atoms with Crippen molar-refractivity contribution in [3.8, 4) is 0 Å². The fourth-order valence-electron chi connectivity index (χ4n) is 13.9. The number of aliphatic hydroxyl groups is 2. The first-order chi connectivity index (χ1) is 44.3. The number of pyridine rings is 1. The van der Waals surface area contributed by atoms with E-state index in [2.05, 4.69) is 20.9 Å². The lowest BCUT2D eigenvalue weighted by atomic mass is 9.44. The molecule has 13 atom stereocenters. The minimum atomic E-state index is -2.54. The van der Waals surface area contributed by atoms with E-state index in [1.165, 1.54) is 81.4 Å². The van der Waals surface area contributed by atoms with Crippen LogP contribution < -0.4 is 16.0 Å². The maximum absolute atomic E-state index is 15.9. The summed E-state index contributed by atoms with van der Waals surface area (Å²) in [6.45, 7) is 9.05. The number of aromatic nitrogens is 1. The first kappa shape index (κ1) is 66.3. The zero-order valence-corrected chi connectivity index (χ0v) is 52.2. The number of likely N-dealkylation sites (tertiary alicyclic amines) is 1. The molecule has 1 unspecified atom stereocenters. The van der Waals surface area contributed by atoms with Crippen molar-refractivity contribution >= 4 is 65.1 Å². The van der Waals surface area contributed by atoms with Gasteiger partial charge < -0.3 is 64.2 Å². The van der Waals surface area contributed by atoms with Crippen molar-refractivity contribution in [2.45, 2.75) is 147 Å². The van der Waals surface area contributed by atoms with Gasteiger partial charge in [0.2, 0.25) is 17.9 Å². The fraction of sp³-hybridized carbons (Fsp3) is 0.406. The van der Waals surface area contributed by atoms with Crippen LogP contribution in [0.5, 0.6) is 0 Å². The van der Waals surface area contributed by atoms with Gasteiger partial charge in [-0.2, -0.15) is 0 Å². The second kappa shape index (κ2) is 26.9. The topological polar surface area (TPSA) is 328 Å². The molecule has 2 saturated carbocycles. The number of amides is 4. The molecule has 10 rings (SSSR count). The molecule has 0 spiro atoms. The lowest BCUT2D eigenvalue weighted by Crippen LogP contribution is -2.82. The number of ketones is 1. The Hall–Kier alpha value is -9.65. The van der Waals surface area contributed by atoms with E-state index >= 15 is 9.59 Å². The van der Waals surface area contributed by atoms with E-state index in [1.54, 1.807) is 97.9 Å². The summed E-state index contributed by atoms with van der Waals surface area (Å²) < 4.78 is 42.6. The summed E-state index contributed by atoms with van der Waals surface area (Å²) in [6, 6.07) is 29.5. The molecular formula is C69H73N5O19. The molecule has 24 heteroatoms. The molecule has 93 heavy (non-hydrogen) atoms. The van der Waals surface area contributed by atoms with Crippen LogP contribution in [-0.4, -0.2) is 153 Å². The van der Waals surface area contributed by atoms with E-state index in [0.29, 0.717) is 36.2 Å². The number of nitrogens with one attached hydrogen (secondary N) is 3. The Morgan fingerprint density at radius 2 is 1.38 bits per heavy atom. The summed E-state index contributed by atoms with van der Waals surface area (Å²) in [5.74, 6) is -8.81. The van der Waals surface area contributed by atoms with Crippen LogP contribution in [0, 0.1) is 16.7 Å². The molecular weight excluding hydrogens is 1200 g/mol. The van der Waals surface area contributed by atoms with Crippen LogP contribution in [0.2, 0.25) is 0 Å². The van der Waals surface area contributed by atoms with Gasteiger partial charge in [-0.05, 0) is 104 Å². The predicted octanol–water partition coefficient (Wildman–Crippen LogP) is 6.24. The average Bonchev–Trinajstić information content (AvgIpc) is 0.787. The second-order valence-electron chi connectivity index (χ2n) is 24.8. The van der Waals surface area contributed by atoms with Crippen LogP contribution >= 0.6 is 0 Å². The third-order valence-corrected chi connectivity index (χ3v) is 18.8. The molecule has 4 aromatic carbocycles. The van der Waals surface area contributed by atoms with Gasteiger partial charge in [-0.1, -0.05) is 92.7 Å². The molecule has 2 saturated heterocycles. The zero-order valence-electron chi connectivity index (χ0n) is 52.2. The number of hydrogen-bond donors (Lipinski definition) is 5. The number of carbonyl (C=O) groups is 10. The Kier molecular flexibility index (Phi) is 19.2. The first-order valence-electron chi connectivity index (χ1n) is 30.5. The Morgan fingerprint density at radius 3 is 1.99 bits per heavy atom. The van der Waals surface area contributed by atoms with Crippen molar-refractivity contribution in [3.05, 3.63) is 179 Å². The molecule has 488 valence electrons. The van der Waals surface area contributed by atoms with E-state index in [1.807, 2.05) is 0 Å². The Labute approximate surface area is 535 Å². The van der Waals surface area contributed by atoms with Crippen LogP contribution in [-0.2, 0) is 68.5 Å². The third kappa shape index (κ3) is 13.0. The number of carbonyl (C=O) groups excluding carboxylic acids is 10. The Balaban J connectivity index is 0.961. The highest BCUT2D eigenvalue weighted by Crippen LogP contribution is 2.64. The predicted molar refractivity (Wildman–Crippen MR) is 328 cm³/mol. The number of anilines is 1.